The lowest BCUT2D eigenvalue weighted by molar-refractivity contribution is 0.112. The molecule has 0 radical (unpaired) electrons. The number of nitrogens with one attached hydrogen (secondary N) is 1. The minimum atomic E-state index is 0.0253. The predicted octanol–water partition coefficient (Wildman–Crippen LogP) is 1.83. The van der Waals surface area contributed by atoms with Crippen LogP contribution in [0.1, 0.15) is 22.3 Å². The molecule has 1 aromatic rings. The first kappa shape index (κ1) is 11.5. The average molecular weight is 205 g/mol. The fourth-order valence-electron chi connectivity index (χ4n) is 1.22. The Morgan fingerprint density at radius 1 is 1.47 bits per heavy atom. The molecule has 0 aliphatic carbocycles. The van der Waals surface area contributed by atoms with Crippen LogP contribution < -0.4 is 5.32 Å². The monoisotopic (exact) mass is 205 g/mol. The second kappa shape index (κ2) is 5.98. The van der Waals surface area contributed by atoms with Gasteiger partial charge in [-0.2, -0.15) is 0 Å². The minimum absolute atomic E-state index is 0.0253. The molecule has 1 aromatic carbocycles. The number of phenolic OH excluding ortho intramolecular Hbond substituents is 1. The maximum absolute atomic E-state index is 10.6. The zero-order valence-corrected chi connectivity index (χ0v) is 8.73. The summed E-state index contributed by atoms with van der Waals surface area (Å²) in [6.45, 7) is 0.926. The summed E-state index contributed by atoms with van der Waals surface area (Å²) in [4.78, 5) is 10.6. The lowest BCUT2D eigenvalue weighted by atomic mass is 10.1. The fraction of sp³-hybridized carbons (Fsp3) is 0.250. The molecule has 0 spiro atoms. The van der Waals surface area contributed by atoms with Crippen LogP contribution >= 0.6 is 0 Å². The number of rotatable bonds is 5. The van der Waals surface area contributed by atoms with E-state index in [0.29, 0.717) is 11.8 Å². The second-order valence-corrected chi connectivity index (χ2v) is 3.23. The summed E-state index contributed by atoms with van der Waals surface area (Å²) in [6.07, 6.45) is 5.55. The van der Waals surface area contributed by atoms with E-state index in [1.807, 2.05) is 19.2 Å². The number of aromatic hydroxyl groups is 1. The number of carbonyl (C=O) groups excluding carboxylic acids is 1. The number of hydrogen-bond donors (Lipinski definition) is 2. The van der Waals surface area contributed by atoms with Gasteiger partial charge in [-0.1, -0.05) is 18.2 Å². The maximum Gasteiger partial charge on any atom is 0.153 e. The number of hydrogen-bond acceptors (Lipinski definition) is 3. The summed E-state index contributed by atoms with van der Waals surface area (Å²) >= 11 is 0. The van der Waals surface area contributed by atoms with Gasteiger partial charge in [-0.25, -0.2) is 0 Å². The van der Waals surface area contributed by atoms with Crippen molar-refractivity contribution in [3.05, 3.63) is 35.4 Å². The summed E-state index contributed by atoms with van der Waals surface area (Å²) in [7, 11) is 1.90. The Balaban J connectivity index is 2.69. The lowest BCUT2D eigenvalue weighted by Crippen LogP contribution is -2.05. The van der Waals surface area contributed by atoms with E-state index in [1.54, 1.807) is 12.1 Å². The van der Waals surface area contributed by atoms with Crippen LogP contribution in [0.15, 0.2) is 24.3 Å². The molecule has 0 aliphatic heterocycles. The third-order valence-electron chi connectivity index (χ3n) is 2.05. The lowest BCUT2D eigenvalue weighted by Gasteiger charge is -1.98. The molecule has 0 aromatic heterocycles. The van der Waals surface area contributed by atoms with Crippen LogP contribution in [0.5, 0.6) is 5.75 Å². The molecule has 15 heavy (non-hydrogen) atoms. The molecule has 2 N–H and O–H groups in total. The molecule has 0 saturated heterocycles. The minimum Gasteiger partial charge on any atom is -0.507 e. The van der Waals surface area contributed by atoms with E-state index in [4.69, 9.17) is 0 Å². The molecule has 0 unspecified atom stereocenters. The van der Waals surface area contributed by atoms with Gasteiger partial charge < -0.3 is 10.4 Å². The molecule has 0 amide bonds. The van der Waals surface area contributed by atoms with Gasteiger partial charge in [0.05, 0.1) is 5.56 Å². The van der Waals surface area contributed by atoms with Crippen molar-refractivity contribution in [2.45, 2.75) is 6.42 Å². The quantitative estimate of drug-likeness (QED) is 0.569. The summed E-state index contributed by atoms with van der Waals surface area (Å²) in [5.74, 6) is 0.0253. The molecule has 3 heteroatoms. The highest BCUT2D eigenvalue weighted by molar-refractivity contribution is 5.80. The molecular formula is C12H15NO2. The van der Waals surface area contributed by atoms with Crippen molar-refractivity contribution in [3.8, 4) is 5.75 Å². The van der Waals surface area contributed by atoms with Crippen LogP contribution in [0.2, 0.25) is 0 Å². The number of carbonyl (C=O) groups is 1. The molecule has 0 bridgehead atoms. The molecule has 3 nitrogen and oxygen atoms in total. The highest BCUT2D eigenvalue weighted by Gasteiger charge is 1.98. The van der Waals surface area contributed by atoms with Gasteiger partial charge in [0, 0.05) is 0 Å². The van der Waals surface area contributed by atoms with Gasteiger partial charge in [0.2, 0.25) is 0 Å². The van der Waals surface area contributed by atoms with Crippen LogP contribution in [0, 0.1) is 0 Å². The van der Waals surface area contributed by atoms with Crippen molar-refractivity contribution in [2.75, 3.05) is 13.6 Å². The van der Waals surface area contributed by atoms with Crippen molar-refractivity contribution >= 4 is 12.4 Å². The van der Waals surface area contributed by atoms with Crippen LogP contribution in [-0.4, -0.2) is 25.0 Å². The third-order valence-corrected chi connectivity index (χ3v) is 2.05. The van der Waals surface area contributed by atoms with Crippen LogP contribution in [0.3, 0.4) is 0 Å². The van der Waals surface area contributed by atoms with Crippen LogP contribution in [0.4, 0.5) is 0 Å². The Morgan fingerprint density at radius 2 is 2.27 bits per heavy atom. The number of benzene rings is 1. The second-order valence-electron chi connectivity index (χ2n) is 3.23. The first-order valence-corrected chi connectivity index (χ1v) is 4.87. The maximum atomic E-state index is 10.6. The first-order valence-electron chi connectivity index (χ1n) is 4.87. The molecule has 0 fully saturated rings. The van der Waals surface area contributed by atoms with Crippen LogP contribution in [-0.2, 0) is 0 Å². The SMILES string of the molecule is CNCCC=Cc1ccc(O)c(C=O)c1. The van der Waals surface area contributed by atoms with E-state index >= 15 is 0 Å². The van der Waals surface area contributed by atoms with Crippen molar-refractivity contribution in [2.24, 2.45) is 0 Å². The Labute approximate surface area is 89.4 Å². The topological polar surface area (TPSA) is 49.3 Å². The Morgan fingerprint density at radius 3 is 2.93 bits per heavy atom. The average Bonchev–Trinajstić information content (AvgIpc) is 2.26. The molecule has 80 valence electrons. The predicted molar refractivity (Wildman–Crippen MR) is 61.1 cm³/mol. The normalized spacial score (nSPS) is 10.7. The molecule has 0 aliphatic rings. The van der Waals surface area contributed by atoms with Crippen molar-refractivity contribution in [3.63, 3.8) is 0 Å². The summed E-state index contributed by atoms with van der Waals surface area (Å²) in [5.41, 5.74) is 1.25. The Hall–Kier alpha value is -1.61. The van der Waals surface area contributed by atoms with E-state index in [-0.39, 0.29) is 5.75 Å². The zero-order chi connectivity index (χ0) is 11.1. The van der Waals surface area contributed by atoms with E-state index in [2.05, 4.69) is 5.32 Å². The van der Waals surface area contributed by atoms with Gasteiger partial charge in [0.15, 0.2) is 6.29 Å². The molecule has 1 rings (SSSR count). The van der Waals surface area contributed by atoms with E-state index in [9.17, 15) is 9.90 Å². The highest BCUT2D eigenvalue weighted by Crippen LogP contribution is 2.17. The van der Waals surface area contributed by atoms with E-state index < -0.39 is 0 Å². The smallest absolute Gasteiger partial charge is 0.153 e. The highest BCUT2D eigenvalue weighted by atomic mass is 16.3. The Kier molecular flexibility index (Phi) is 4.57. The van der Waals surface area contributed by atoms with Gasteiger partial charge in [0.25, 0.3) is 0 Å². The Bertz CT molecular complexity index is 359. The molecule has 0 heterocycles. The largest absolute Gasteiger partial charge is 0.507 e. The van der Waals surface area contributed by atoms with Crippen molar-refractivity contribution in [1.29, 1.82) is 0 Å². The summed E-state index contributed by atoms with van der Waals surface area (Å²) in [6, 6.07) is 4.97. The van der Waals surface area contributed by atoms with E-state index in [1.165, 1.54) is 6.07 Å². The fourth-order valence-corrected chi connectivity index (χ4v) is 1.22. The van der Waals surface area contributed by atoms with Crippen molar-refractivity contribution < 1.29 is 9.90 Å². The summed E-state index contributed by atoms with van der Waals surface area (Å²) < 4.78 is 0. The van der Waals surface area contributed by atoms with Gasteiger partial charge in [-0.05, 0) is 37.7 Å². The molecular weight excluding hydrogens is 190 g/mol. The first-order chi connectivity index (χ1) is 7.27. The molecule has 0 atom stereocenters. The van der Waals surface area contributed by atoms with Gasteiger partial charge in [-0.3, -0.25) is 4.79 Å². The molecule has 0 saturated carbocycles. The van der Waals surface area contributed by atoms with Gasteiger partial charge >= 0.3 is 0 Å². The number of phenols is 1. The zero-order valence-electron chi connectivity index (χ0n) is 8.73. The standard InChI is InChI=1S/C12H15NO2/c1-13-7-3-2-4-10-5-6-12(15)11(8-10)9-14/h2,4-6,8-9,13,15H,3,7H2,1H3. The number of aldehydes is 1. The van der Waals surface area contributed by atoms with E-state index in [0.717, 1.165) is 18.5 Å². The third kappa shape index (κ3) is 3.56. The van der Waals surface area contributed by atoms with Crippen LogP contribution in [0.25, 0.3) is 6.08 Å². The van der Waals surface area contributed by atoms with Crippen molar-refractivity contribution in [1.82, 2.24) is 5.32 Å². The van der Waals surface area contributed by atoms with Gasteiger partial charge in [0.1, 0.15) is 5.75 Å². The van der Waals surface area contributed by atoms with Gasteiger partial charge in [-0.15, -0.1) is 0 Å². The summed E-state index contributed by atoms with van der Waals surface area (Å²) in [5, 5.41) is 12.3.